The lowest BCUT2D eigenvalue weighted by molar-refractivity contribution is -0.129. The number of rotatable bonds is 7. The first-order chi connectivity index (χ1) is 9.11. The van der Waals surface area contributed by atoms with Crippen LogP contribution in [-0.2, 0) is 9.59 Å². The van der Waals surface area contributed by atoms with Gasteiger partial charge in [0.1, 0.15) is 0 Å². The first-order valence-electron chi connectivity index (χ1n) is 6.12. The molecule has 0 aliphatic carbocycles. The Labute approximate surface area is 112 Å². The van der Waals surface area contributed by atoms with Crippen LogP contribution in [0.5, 0.6) is 0 Å². The van der Waals surface area contributed by atoms with Gasteiger partial charge in [0.2, 0.25) is 11.8 Å². The van der Waals surface area contributed by atoms with Crippen LogP contribution in [0, 0.1) is 6.92 Å². The van der Waals surface area contributed by atoms with Crippen LogP contribution in [0.15, 0.2) is 24.3 Å². The molecule has 0 heterocycles. The predicted molar refractivity (Wildman–Crippen MR) is 71.8 cm³/mol. The van der Waals surface area contributed by atoms with Crippen LogP contribution in [0.25, 0.3) is 0 Å². The number of anilines is 1. The van der Waals surface area contributed by atoms with Gasteiger partial charge in [0.25, 0.3) is 0 Å². The second-order valence-electron chi connectivity index (χ2n) is 4.20. The lowest BCUT2D eigenvalue weighted by Crippen LogP contribution is -2.27. The number of aryl methyl sites for hydroxylation is 1. The molecule has 6 heteroatoms. The molecule has 0 radical (unpaired) electrons. The van der Waals surface area contributed by atoms with Crippen molar-refractivity contribution in [3.05, 3.63) is 29.8 Å². The summed E-state index contributed by atoms with van der Waals surface area (Å²) in [6.45, 7) is 2.86. The number of hydrogen-bond donors (Lipinski definition) is 4. The normalized spacial score (nSPS) is 10.0. The second-order valence-corrected chi connectivity index (χ2v) is 4.20. The minimum absolute atomic E-state index is 0.0790. The van der Waals surface area contributed by atoms with E-state index in [1.807, 2.05) is 31.2 Å². The summed E-state index contributed by atoms with van der Waals surface area (Å²) in [7, 11) is 0. The van der Waals surface area contributed by atoms with E-state index in [-0.39, 0.29) is 12.3 Å². The van der Waals surface area contributed by atoms with E-state index in [1.165, 1.54) is 0 Å². The number of carbonyl (C=O) groups excluding carboxylic acids is 2. The molecule has 0 aromatic heterocycles. The maximum absolute atomic E-state index is 11.6. The summed E-state index contributed by atoms with van der Waals surface area (Å²) in [6.07, 6.45) is 0.505. The Bertz CT molecular complexity index is 435. The van der Waals surface area contributed by atoms with Crippen LogP contribution in [0.2, 0.25) is 0 Å². The zero-order valence-electron chi connectivity index (χ0n) is 10.9. The average Bonchev–Trinajstić information content (AvgIpc) is 2.38. The van der Waals surface area contributed by atoms with Crippen molar-refractivity contribution in [2.75, 3.05) is 18.4 Å². The Kier molecular flexibility index (Phi) is 6.56. The maximum atomic E-state index is 11.6. The standard InChI is InChI=1S/C13H19N3O3/c1-10-3-2-4-11(9-10)15-12(17)5-7-14-8-6-13(18)16-19/h2-4,9,14,19H,5-8H2,1H3,(H,15,17)(H,16,18). The van der Waals surface area contributed by atoms with Gasteiger partial charge in [-0.15, -0.1) is 0 Å². The Morgan fingerprint density at radius 2 is 1.84 bits per heavy atom. The van der Waals surface area contributed by atoms with Gasteiger partial charge in [-0.3, -0.25) is 14.8 Å². The second kappa shape index (κ2) is 8.23. The Morgan fingerprint density at radius 1 is 1.16 bits per heavy atom. The third kappa shape index (κ3) is 6.54. The van der Waals surface area contributed by atoms with Gasteiger partial charge in [0.15, 0.2) is 0 Å². The fourth-order valence-corrected chi connectivity index (χ4v) is 1.53. The average molecular weight is 265 g/mol. The molecule has 0 fully saturated rings. The molecule has 104 valence electrons. The summed E-state index contributed by atoms with van der Waals surface area (Å²) in [5.74, 6) is -0.526. The predicted octanol–water partition coefficient (Wildman–Crippen LogP) is 0.809. The van der Waals surface area contributed by atoms with Crippen LogP contribution < -0.4 is 16.1 Å². The van der Waals surface area contributed by atoms with Crippen molar-refractivity contribution in [3.8, 4) is 0 Å². The molecule has 0 bridgehead atoms. The van der Waals surface area contributed by atoms with Crippen molar-refractivity contribution >= 4 is 17.5 Å². The molecular weight excluding hydrogens is 246 g/mol. The summed E-state index contributed by atoms with van der Waals surface area (Å²) >= 11 is 0. The molecule has 0 aliphatic rings. The highest BCUT2D eigenvalue weighted by molar-refractivity contribution is 5.90. The minimum atomic E-state index is -0.447. The number of carbonyl (C=O) groups is 2. The highest BCUT2D eigenvalue weighted by Gasteiger charge is 2.03. The van der Waals surface area contributed by atoms with Crippen molar-refractivity contribution in [2.45, 2.75) is 19.8 Å². The lowest BCUT2D eigenvalue weighted by atomic mass is 10.2. The molecule has 1 aromatic rings. The summed E-state index contributed by atoms with van der Waals surface area (Å²) in [6, 6.07) is 7.58. The highest BCUT2D eigenvalue weighted by atomic mass is 16.5. The van der Waals surface area contributed by atoms with Crippen LogP contribution in [0.3, 0.4) is 0 Å². The van der Waals surface area contributed by atoms with Crippen molar-refractivity contribution in [1.82, 2.24) is 10.8 Å². The van der Waals surface area contributed by atoms with Crippen molar-refractivity contribution in [1.29, 1.82) is 0 Å². The maximum Gasteiger partial charge on any atom is 0.244 e. The first kappa shape index (κ1) is 15.1. The van der Waals surface area contributed by atoms with E-state index in [2.05, 4.69) is 10.6 Å². The van der Waals surface area contributed by atoms with Gasteiger partial charge in [0.05, 0.1) is 0 Å². The van der Waals surface area contributed by atoms with Gasteiger partial charge in [0, 0.05) is 31.6 Å². The van der Waals surface area contributed by atoms with Crippen LogP contribution in [0.1, 0.15) is 18.4 Å². The minimum Gasteiger partial charge on any atom is -0.326 e. The smallest absolute Gasteiger partial charge is 0.244 e. The van der Waals surface area contributed by atoms with E-state index >= 15 is 0 Å². The van der Waals surface area contributed by atoms with Crippen LogP contribution in [0.4, 0.5) is 5.69 Å². The number of amides is 2. The van der Waals surface area contributed by atoms with Crippen molar-refractivity contribution in [2.24, 2.45) is 0 Å². The molecule has 0 unspecified atom stereocenters. The van der Waals surface area contributed by atoms with E-state index < -0.39 is 5.91 Å². The number of nitrogens with one attached hydrogen (secondary N) is 3. The number of hydroxylamine groups is 1. The van der Waals surface area contributed by atoms with Gasteiger partial charge in [-0.05, 0) is 24.6 Å². The van der Waals surface area contributed by atoms with Crippen LogP contribution >= 0.6 is 0 Å². The summed E-state index contributed by atoms with van der Waals surface area (Å²) in [5, 5.41) is 14.0. The van der Waals surface area contributed by atoms with E-state index in [1.54, 1.807) is 5.48 Å². The summed E-state index contributed by atoms with van der Waals surface area (Å²) in [5.41, 5.74) is 3.42. The van der Waals surface area contributed by atoms with E-state index in [0.717, 1.165) is 11.3 Å². The topological polar surface area (TPSA) is 90.5 Å². The number of benzene rings is 1. The Morgan fingerprint density at radius 3 is 2.47 bits per heavy atom. The van der Waals surface area contributed by atoms with E-state index in [4.69, 9.17) is 5.21 Å². The fraction of sp³-hybridized carbons (Fsp3) is 0.385. The van der Waals surface area contributed by atoms with Gasteiger partial charge in [-0.2, -0.15) is 0 Å². The zero-order chi connectivity index (χ0) is 14.1. The highest BCUT2D eigenvalue weighted by Crippen LogP contribution is 2.09. The molecule has 0 saturated heterocycles. The van der Waals surface area contributed by atoms with Gasteiger partial charge in [-0.1, -0.05) is 12.1 Å². The lowest BCUT2D eigenvalue weighted by Gasteiger charge is -2.06. The molecule has 1 rings (SSSR count). The van der Waals surface area contributed by atoms with E-state index in [0.29, 0.717) is 19.5 Å². The third-order valence-electron chi connectivity index (χ3n) is 2.48. The molecule has 4 N–H and O–H groups in total. The number of hydrogen-bond acceptors (Lipinski definition) is 4. The molecule has 0 aliphatic heterocycles. The molecule has 0 atom stereocenters. The zero-order valence-corrected chi connectivity index (χ0v) is 10.9. The fourth-order valence-electron chi connectivity index (χ4n) is 1.53. The molecular formula is C13H19N3O3. The molecule has 0 spiro atoms. The third-order valence-corrected chi connectivity index (χ3v) is 2.48. The molecule has 6 nitrogen and oxygen atoms in total. The molecule has 1 aromatic carbocycles. The van der Waals surface area contributed by atoms with Crippen molar-refractivity contribution in [3.63, 3.8) is 0 Å². The molecule has 19 heavy (non-hydrogen) atoms. The summed E-state index contributed by atoms with van der Waals surface area (Å²) < 4.78 is 0. The molecule has 2 amide bonds. The van der Waals surface area contributed by atoms with E-state index in [9.17, 15) is 9.59 Å². The largest absolute Gasteiger partial charge is 0.326 e. The van der Waals surface area contributed by atoms with Gasteiger partial charge in [-0.25, -0.2) is 5.48 Å². The van der Waals surface area contributed by atoms with Gasteiger partial charge < -0.3 is 10.6 Å². The monoisotopic (exact) mass is 265 g/mol. The van der Waals surface area contributed by atoms with Gasteiger partial charge >= 0.3 is 0 Å². The van der Waals surface area contributed by atoms with Crippen molar-refractivity contribution < 1.29 is 14.8 Å². The van der Waals surface area contributed by atoms with Crippen LogP contribution in [-0.4, -0.2) is 30.1 Å². The Hall–Kier alpha value is -1.92. The molecule has 0 saturated carbocycles. The first-order valence-corrected chi connectivity index (χ1v) is 6.12. The Balaban J connectivity index is 2.16. The SMILES string of the molecule is Cc1cccc(NC(=O)CCNCCC(=O)NO)c1. The quantitative estimate of drug-likeness (QED) is 0.333. The summed E-state index contributed by atoms with van der Waals surface area (Å²) in [4.78, 5) is 22.3.